The van der Waals surface area contributed by atoms with Crippen molar-refractivity contribution in [1.82, 2.24) is 29.6 Å². The van der Waals surface area contributed by atoms with E-state index in [1.807, 2.05) is 50.1 Å². The highest BCUT2D eigenvalue weighted by molar-refractivity contribution is 5.65. The van der Waals surface area contributed by atoms with Crippen molar-refractivity contribution < 1.29 is 0 Å². The van der Waals surface area contributed by atoms with E-state index in [4.69, 9.17) is 21.8 Å². The lowest BCUT2D eigenvalue weighted by atomic mass is 10.1. The van der Waals surface area contributed by atoms with Crippen LogP contribution in [0, 0.1) is 18.3 Å². The second kappa shape index (κ2) is 15.2. The van der Waals surface area contributed by atoms with E-state index >= 15 is 0 Å². The van der Waals surface area contributed by atoms with Gasteiger partial charge in [-0.05, 0) is 64.2 Å². The normalized spacial score (nSPS) is 13.2. The summed E-state index contributed by atoms with van der Waals surface area (Å²) in [6.07, 6.45) is 10.6. The summed E-state index contributed by atoms with van der Waals surface area (Å²) >= 11 is 0. The molecule has 0 bridgehead atoms. The summed E-state index contributed by atoms with van der Waals surface area (Å²) in [5.41, 5.74) is 12.1. The Morgan fingerprint density at radius 2 is 1.92 bits per heavy atom. The summed E-state index contributed by atoms with van der Waals surface area (Å²) < 4.78 is 3.62. The fourth-order valence-electron chi connectivity index (χ4n) is 4.31. The van der Waals surface area contributed by atoms with Crippen molar-refractivity contribution in [3.63, 3.8) is 0 Å². The van der Waals surface area contributed by atoms with Gasteiger partial charge in [0, 0.05) is 58.3 Å². The first-order chi connectivity index (χ1) is 18.3. The molecule has 0 saturated carbocycles. The van der Waals surface area contributed by atoms with Crippen molar-refractivity contribution in [2.45, 2.75) is 52.9 Å². The second-order valence-corrected chi connectivity index (χ2v) is 9.02. The van der Waals surface area contributed by atoms with Gasteiger partial charge in [-0.3, -0.25) is 4.68 Å². The molecule has 0 aromatic carbocycles. The van der Waals surface area contributed by atoms with Crippen molar-refractivity contribution >= 4 is 11.4 Å². The lowest BCUT2D eigenvalue weighted by Crippen LogP contribution is -2.30. The minimum Gasteiger partial charge on any atom is -0.396 e. The zero-order valence-corrected chi connectivity index (χ0v) is 23.4. The van der Waals surface area contributed by atoms with Crippen LogP contribution in [0.15, 0.2) is 55.0 Å². The highest BCUT2D eigenvalue weighted by atomic mass is 15.4. The van der Waals surface area contributed by atoms with E-state index in [-0.39, 0.29) is 0 Å². The summed E-state index contributed by atoms with van der Waals surface area (Å²) in [7, 11) is 3.75. The quantitative estimate of drug-likeness (QED) is 0.272. The van der Waals surface area contributed by atoms with E-state index in [1.165, 1.54) is 31.9 Å². The predicted molar refractivity (Wildman–Crippen MR) is 154 cm³/mol. The standard InChI is InChI=1S/C23H33N9.C3H6.C2H3N/c1-17-20(31-13-5-4-6-14-31)11-9-19(27-17)23(24)21(29(2)25)10-8-18-16-22(28-30(18)3)32-15-7-12-26-32;1-3-2;1-2-3/h7,9,11-12,15-16H,4-6,8,10,13-14,24-25H2,1-3H3;3H,1H2,2H3;1H3/b23-21-;;. The molecule has 1 aliphatic rings. The molecule has 1 saturated heterocycles. The Balaban J connectivity index is 0.000000773. The van der Waals surface area contributed by atoms with Crippen molar-refractivity contribution in [2.75, 3.05) is 25.0 Å². The van der Waals surface area contributed by atoms with E-state index < -0.39 is 0 Å². The third kappa shape index (κ3) is 8.21. The summed E-state index contributed by atoms with van der Waals surface area (Å²) in [6.45, 7) is 10.9. The number of piperidine rings is 1. The average Bonchev–Trinajstić information content (AvgIpc) is 3.55. The number of allylic oxidation sites excluding steroid dienone is 2. The Bertz CT molecular complexity index is 1210. The molecule has 0 unspecified atom stereocenters. The van der Waals surface area contributed by atoms with Crippen LogP contribution in [0.1, 0.15) is 56.6 Å². The minimum atomic E-state index is 0.609. The van der Waals surface area contributed by atoms with Crippen LogP contribution in [-0.4, -0.2) is 49.7 Å². The highest BCUT2D eigenvalue weighted by Crippen LogP contribution is 2.25. The molecule has 10 nitrogen and oxygen atoms in total. The van der Waals surface area contributed by atoms with Gasteiger partial charge in [0.05, 0.1) is 34.5 Å². The molecule has 4 rings (SSSR count). The number of nitriles is 1. The largest absolute Gasteiger partial charge is 0.396 e. The number of aryl methyl sites for hydroxylation is 3. The van der Waals surface area contributed by atoms with Gasteiger partial charge in [0.1, 0.15) is 0 Å². The van der Waals surface area contributed by atoms with Gasteiger partial charge in [0.2, 0.25) is 0 Å². The Morgan fingerprint density at radius 3 is 2.47 bits per heavy atom. The van der Waals surface area contributed by atoms with Crippen LogP contribution in [-0.2, 0) is 13.5 Å². The maximum atomic E-state index is 7.32. The van der Waals surface area contributed by atoms with Crippen LogP contribution in [0.25, 0.3) is 11.5 Å². The van der Waals surface area contributed by atoms with Gasteiger partial charge in [0.15, 0.2) is 5.82 Å². The van der Waals surface area contributed by atoms with Crippen molar-refractivity contribution in [1.29, 1.82) is 5.26 Å². The van der Waals surface area contributed by atoms with Gasteiger partial charge in [-0.25, -0.2) is 15.5 Å². The lowest BCUT2D eigenvalue weighted by Gasteiger charge is -2.30. The van der Waals surface area contributed by atoms with E-state index in [1.54, 1.807) is 28.0 Å². The first kappa shape index (κ1) is 30.1. The molecule has 0 aliphatic carbocycles. The SMILES string of the molecule is C=CC.CC#N.Cc1nc(/C(N)=C(\CCc2cc(-n3cccn3)nn2C)N(C)N)ccc1N1CCCCC1. The number of hydrazine groups is 1. The molecule has 1 aliphatic heterocycles. The first-order valence-electron chi connectivity index (χ1n) is 12.9. The van der Waals surface area contributed by atoms with Crippen molar-refractivity contribution in [2.24, 2.45) is 18.6 Å². The van der Waals surface area contributed by atoms with Crippen LogP contribution < -0.4 is 16.5 Å². The molecule has 10 heteroatoms. The lowest BCUT2D eigenvalue weighted by molar-refractivity contribution is 0.421. The molecule has 0 amide bonds. The molecule has 1 fully saturated rings. The monoisotopic (exact) mass is 518 g/mol. The van der Waals surface area contributed by atoms with Crippen LogP contribution in [0.2, 0.25) is 0 Å². The van der Waals surface area contributed by atoms with E-state index in [0.29, 0.717) is 12.1 Å². The third-order valence-corrected chi connectivity index (χ3v) is 6.09. The summed E-state index contributed by atoms with van der Waals surface area (Å²) in [5, 5.41) is 17.7. The molecule has 0 atom stereocenters. The fourth-order valence-corrected chi connectivity index (χ4v) is 4.31. The van der Waals surface area contributed by atoms with Crippen LogP contribution in [0.3, 0.4) is 0 Å². The van der Waals surface area contributed by atoms with Gasteiger partial charge in [-0.2, -0.15) is 15.5 Å². The summed E-state index contributed by atoms with van der Waals surface area (Å²) in [6, 6.07) is 9.81. The van der Waals surface area contributed by atoms with Crippen LogP contribution >= 0.6 is 0 Å². The second-order valence-electron chi connectivity index (χ2n) is 9.02. The predicted octanol–water partition coefficient (Wildman–Crippen LogP) is 4.09. The Kier molecular flexibility index (Phi) is 12.1. The average molecular weight is 519 g/mol. The van der Waals surface area contributed by atoms with E-state index in [0.717, 1.165) is 48.1 Å². The van der Waals surface area contributed by atoms with Gasteiger partial charge in [-0.1, -0.05) is 6.08 Å². The zero-order valence-electron chi connectivity index (χ0n) is 23.4. The number of aromatic nitrogens is 5. The summed E-state index contributed by atoms with van der Waals surface area (Å²) in [4.78, 5) is 7.25. The maximum Gasteiger partial charge on any atom is 0.175 e. The van der Waals surface area contributed by atoms with Crippen molar-refractivity contribution in [3.8, 4) is 11.9 Å². The van der Waals surface area contributed by atoms with Crippen LogP contribution in [0.5, 0.6) is 0 Å². The van der Waals surface area contributed by atoms with Crippen molar-refractivity contribution in [3.05, 3.63) is 72.1 Å². The molecule has 0 spiro atoms. The number of rotatable bonds is 7. The molecule has 4 N–H and O–H groups in total. The number of hydrogen-bond acceptors (Lipinski definition) is 8. The first-order valence-corrected chi connectivity index (χ1v) is 12.9. The minimum absolute atomic E-state index is 0.609. The van der Waals surface area contributed by atoms with Crippen LogP contribution in [0.4, 0.5) is 5.69 Å². The number of nitrogens with zero attached hydrogens (tertiary/aromatic N) is 8. The molecule has 0 radical (unpaired) electrons. The number of pyridine rings is 1. The molecule has 3 aromatic heterocycles. The molecule has 3 aromatic rings. The molecular weight excluding hydrogens is 476 g/mol. The fraction of sp³-hybridized carbons (Fsp3) is 0.429. The Morgan fingerprint density at radius 1 is 1.26 bits per heavy atom. The number of anilines is 1. The molecule has 204 valence electrons. The van der Waals surface area contributed by atoms with E-state index in [9.17, 15) is 0 Å². The molecule has 4 heterocycles. The highest BCUT2D eigenvalue weighted by Gasteiger charge is 2.17. The van der Waals surface area contributed by atoms with Gasteiger partial charge >= 0.3 is 0 Å². The van der Waals surface area contributed by atoms with Gasteiger partial charge < -0.3 is 15.6 Å². The van der Waals surface area contributed by atoms with E-state index in [2.05, 4.69) is 34.7 Å². The Hall–Kier alpha value is -4.10. The zero-order chi connectivity index (χ0) is 28.1. The number of nitrogens with two attached hydrogens (primary N) is 2. The number of hydrogen-bond donors (Lipinski definition) is 2. The Labute approximate surface area is 226 Å². The maximum absolute atomic E-state index is 7.32. The molecule has 38 heavy (non-hydrogen) atoms. The van der Waals surface area contributed by atoms with Gasteiger partial charge in [-0.15, -0.1) is 6.58 Å². The molecular formula is C28H42N10. The topological polar surface area (TPSA) is 131 Å². The smallest absolute Gasteiger partial charge is 0.175 e. The third-order valence-electron chi connectivity index (χ3n) is 6.09. The summed E-state index contributed by atoms with van der Waals surface area (Å²) in [5.74, 6) is 6.96. The van der Waals surface area contributed by atoms with Gasteiger partial charge in [0.25, 0.3) is 0 Å².